The molecule has 110 valence electrons. The molecule has 0 spiro atoms. The summed E-state index contributed by atoms with van der Waals surface area (Å²) in [4.78, 5) is 12.1. The molecule has 3 heteroatoms. The van der Waals surface area contributed by atoms with Gasteiger partial charge in [-0.3, -0.25) is 9.48 Å². The number of hydrogen-bond donors (Lipinski definition) is 0. The Balaban J connectivity index is 1.57. The maximum absolute atomic E-state index is 12.1. The van der Waals surface area contributed by atoms with E-state index in [1.807, 2.05) is 42.6 Å². The summed E-state index contributed by atoms with van der Waals surface area (Å²) in [6.45, 7) is 0. The molecular formula is C18H22N2O. The fraction of sp³-hybridized carbons (Fsp3) is 0.444. The third kappa shape index (κ3) is 3.81. The molecule has 3 rings (SSSR count). The van der Waals surface area contributed by atoms with Crippen LogP contribution in [0.2, 0.25) is 0 Å². The van der Waals surface area contributed by atoms with Crippen molar-refractivity contribution in [3.63, 3.8) is 0 Å². The second-order valence-corrected chi connectivity index (χ2v) is 5.96. The van der Waals surface area contributed by atoms with E-state index >= 15 is 0 Å². The van der Waals surface area contributed by atoms with Gasteiger partial charge < -0.3 is 0 Å². The fourth-order valence-corrected chi connectivity index (χ4v) is 3.11. The van der Waals surface area contributed by atoms with Crippen LogP contribution >= 0.6 is 0 Å². The Morgan fingerprint density at radius 2 is 1.81 bits per heavy atom. The van der Waals surface area contributed by atoms with Gasteiger partial charge in [-0.1, -0.05) is 49.6 Å². The maximum atomic E-state index is 12.1. The van der Waals surface area contributed by atoms with Crippen LogP contribution in [-0.2, 0) is 17.6 Å². The molecule has 1 aromatic heterocycles. The number of rotatable bonds is 5. The Morgan fingerprint density at radius 3 is 2.57 bits per heavy atom. The highest BCUT2D eigenvalue weighted by Gasteiger charge is 2.16. The minimum Gasteiger partial charge on any atom is -0.299 e. The van der Waals surface area contributed by atoms with Crippen LogP contribution in [0.25, 0.3) is 0 Å². The van der Waals surface area contributed by atoms with Gasteiger partial charge in [0.1, 0.15) is 5.78 Å². The van der Waals surface area contributed by atoms with Crippen LogP contribution in [0.5, 0.6) is 0 Å². The van der Waals surface area contributed by atoms with Gasteiger partial charge in [-0.2, -0.15) is 5.10 Å². The molecule has 0 radical (unpaired) electrons. The first kappa shape index (κ1) is 14.1. The van der Waals surface area contributed by atoms with Gasteiger partial charge in [0, 0.05) is 12.6 Å². The van der Waals surface area contributed by atoms with Gasteiger partial charge in [-0.15, -0.1) is 0 Å². The lowest BCUT2D eigenvalue weighted by atomic mass is 9.96. The number of carbonyl (C=O) groups is 1. The zero-order chi connectivity index (χ0) is 14.5. The van der Waals surface area contributed by atoms with Gasteiger partial charge in [0.15, 0.2) is 0 Å². The van der Waals surface area contributed by atoms with Crippen molar-refractivity contribution in [3.05, 3.63) is 53.9 Å². The van der Waals surface area contributed by atoms with E-state index in [0.29, 0.717) is 18.9 Å². The van der Waals surface area contributed by atoms with E-state index in [-0.39, 0.29) is 5.78 Å². The first-order valence-electron chi connectivity index (χ1n) is 7.91. The molecule has 2 aromatic rings. The number of carbonyl (C=O) groups excluding carboxylic acids is 1. The Morgan fingerprint density at radius 1 is 1.05 bits per heavy atom. The maximum Gasteiger partial charge on any atom is 0.143 e. The van der Waals surface area contributed by atoms with Crippen molar-refractivity contribution in [1.82, 2.24) is 9.78 Å². The Labute approximate surface area is 126 Å². The van der Waals surface area contributed by atoms with E-state index in [1.54, 1.807) is 0 Å². The zero-order valence-corrected chi connectivity index (χ0v) is 12.4. The number of benzene rings is 1. The number of hydrogen-bond acceptors (Lipinski definition) is 2. The van der Waals surface area contributed by atoms with Gasteiger partial charge >= 0.3 is 0 Å². The number of Topliss-reactive ketones (excluding diaryl/α,β-unsaturated/α-hetero) is 1. The van der Waals surface area contributed by atoms with Gasteiger partial charge in [0.05, 0.1) is 18.2 Å². The van der Waals surface area contributed by atoms with Crippen LogP contribution in [0.4, 0.5) is 0 Å². The van der Waals surface area contributed by atoms with Crippen molar-refractivity contribution in [3.8, 4) is 0 Å². The van der Waals surface area contributed by atoms with Crippen molar-refractivity contribution < 1.29 is 4.79 Å². The number of ketones is 1. The number of nitrogens with zero attached hydrogens (tertiary/aromatic N) is 2. The standard InChI is InChI=1S/C18H22N2O/c21-18(13-15-7-3-1-4-8-15)14-16-11-12-20(19-16)17-9-5-2-6-10-17/h1,3-4,7-8,11-12,17H,2,5-6,9-10,13-14H2. The molecule has 21 heavy (non-hydrogen) atoms. The first-order chi connectivity index (χ1) is 10.3. The molecule has 0 amide bonds. The van der Waals surface area contributed by atoms with Crippen molar-refractivity contribution in [2.45, 2.75) is 51.0 Å². The molecule has 1 saturated carbocycles. The average molecular weight is 282 g/mol. The van der Waals surface area contributed by atoms with Crippen LogP contribution in [0.3, 0.4) is 0 Å². The quantitative estimate of drug-likeness (QED) is 0.837. The molecular weight excluding hydrogens is 260 g/mol. The third-order valence-corrected chi connectivity index (χ3v) is 4.23. The molecule has 0 aliphatic heterocycles. The molecule has 0 saturated heterocycles. The minimum absolute atomic E-state index is 0.232. The zero-order valence-electron chi connectivity index (χ0n) is 12.4. The van der Waals surface area contributed by atoms with Crippen LogP contribution in [0, 0.1) is 0 Å². The van der Waals surface area contributed by atoms with E-state index in [9.17, 15) is 4.79 Å². The van der Waals surface area contributed by atoms with E-state index in [0.717, 1.165) is 11.3 Å². The van der Waals surface area contributed by atoms with Crippen LogP contribution < -0.4 is 0 Å². The van der Waals surface area contributed by atoms with E-state index < -0.39 is 0 Å². The second-order valence-electron chi connectivity index (χ2n) is 5.96. The summed E-state index contributed by atoms with van der Waals surface area (Å²) in [5.74, 6) is 0.232. The summed E-state index contributed by atoms with van der Waals surface area (Å²) in [5, 5.41) is 4.61. The minimum atomic E-state index is 0.232. The molecule has 1 aliphatic rings. The van der Waals surface area contributed by atoms with Gasteiger partial charge in [0.25, 0.3) is 0 Å². The lowest BCUT2D eigenvalue weighted by Gasteiger charge is -2.21. The fourth-order valence-electron chi connectivity index (χ4n) is 3.11. The monoisotopic (exact) mass is 282 g/mol. The summed E-state index contributed by atoms with van der Waals surface area (Å²) >= 11 is 0. The third-order valence-electron chi connectivity index (χ3n) is 4.23. The molecule has 1 heterocycles. The summed E-state index contributed by atoms with van der Waals surface area (Å²) in [6, 6.07) is 12.5. The van der Waals surface area contributed by atoms with Crippen molar-refractivity contribution in [1.29, 1.82) is 0 Å². The van der Waals surface area contributed by atoms with E-state index in [2.05, 4.69) is 9.78 Å². The van der Waals surface area contributed by atoms with Crippen molar-refractivity contribution in [2.75, 3.05) is 0 Å². The predicted octanol–water partition coefficient (Wildman–Crippen LogP) is 3.74. The lowest BCUT2D eigenvalue weighted by Crippen LogP contribution is -2.14. The highest BCUT2D eigenvalue weighted by molar-refractivity contribution is 5.82. The van der Waals surface area contributed by atoms with Crippen LogP contribution in [0.1, 0.15) is 49.4 Å². The van der Waals surface area contributed by atoms with Gasteiger partial charge in [-0.25, -0.2) is 0 Å². The normalized spacial score (nSPS) is 16.0. The highest BCUT2D eigenvalue weighted by Crippen LogP contribution is 2.27. The molecule has 3 nitrogen and oxygen atoms in total. The first-order valence-corrected chi connectivity index (χ1v) is 7.91. The molecule has 0 N–H and O–H groups in total. The van der Waals surface area contributed by atoms with E-state index in [1.165, 1.54) is 32.1 Å². The van der Waals surface area contributed by atoms with Gasteiger partial charge in [0.2, 0.25) is 0 Å². The molecule has 0 atom stereocenters. The Kier molecular flexibility index (Phi) is 4.49. The Hall–Kier alpha value is -1.90. The van der Waals surface area contributed by atoms with Crippen molar-refractivity contribution >= 4 is 5.78 Å². The lowest BCUT2D eigenvalue weighted by molar-refractivity contribution is -0.117. The topological polar surface area (TPSA) is 34.9 Å². The number of aromatic nitrogens is 2. The predicted molar refractivity (Wildman–Crippen MR) is 83.2 cm³/mol. The smallest absolute Gasteiger partial charge is 0.143 e. The average Bonchev–Trinajstić information content (AvgIpc) is 2.97. The molecule has 1 fully saturated rings. The molecule has 1 aliphatic carbocycles. The summed E-state index contributed by atoms with van der Waals surface area (Å²) < 4.78 is 2.07. The summed E-state index contributed by atoms with van der Waals surface area (Å²) in [5.41, 5.74) is 1.98. The summed E-state index contributed by atoms with van der Waals surface area (Å²) in [6.07, 6.45) is 9.37. The Bertz CT molecular complexity index is 582. The molecule has 1 aromatic carbocycles. The van der Waals surface area contributed by atoms with Crippen molar-refractivity contribution in [2.24, 2.45) is 0 Å². The SMILES string of the molecule is O=C(Cc1ccccc1)Cc1ccn(C2CCCCC2)n1. The second kappa shape index (κ2) is 6.70. The van der Waals surface area contributed by atoms with Gasteiger partial charge in [-0.05, 0) is 24.5 Å². The van der Waals surface area contributed by atoms with E-state index in [4.69, 9.17) is 0 Å². The molecule has 0 unspecified atom stereocenters. The largest absolute Gasteiger partial charge is 0.299 e. The summed E-state index contributed by atoms with van der Waals surface area (Å²) in [7, 11) is 0. The van der Waals surface area contributed by atoms with Crippen LogP contribution in [-0.4, -0.2) is 15.6 Å². The molecule has 0 bridgehead atoms. The van der Waals surface area contributed by atoms with Crippen LogP contribution in [0.15, 0.2) is 42.6 Å². The highest BCUT2D eigenvalue weighted by atomic mass is 16.1.